The Bertz CT molecular complexity index is 1540. The van der Waals surface area contributed by atoms with Crippen LogP contribution in [0.15, 0.2) is 36.5 Å². The topological polar surface area (TPSA) is 130 Å². The van der Waals surface area contributed by atoms with Crippen LogP contribution in [-0.2, 0) is 16.1 Å². The summed E-state index contributed by atoms with van der Waals surface area (Å²) in [5.41, 5.74) is 2.55. The van der Waals surface area contributed by atoms with E-state index in [1.54, 1.807) is 33.4 Å². The van der Waals surface area contributed by atoms with Gasteiger partial charge in [-0.25, -0.2) is 4.98 Å². The second-order valence-electron chi connectivity index (χ2n) is 11.3. The third-order valence-corrected chi connectivity index (χ3v) is 7.26. The standard InChI is InChI=1S/C33H48BN9O3/c1-8-18-35-30-25(13-10-9-11-19-36-31(45)24(2)42(6)29(44)14-12-20-41(4)5)23-37-33(39-30)38-26-15-16-28-27(22-26)32(46-7)40-43(28)21-17-34-3/h12,14-16,22-24,34H,8-9,11,17-21H2,1-7H3,(H,36,45)(H2,35,37,38,39)/b14-12+/t24-/m0/s1. The number of likely N-dealkylation sites (N-methyl/N-ethyl adjacent to an activating group) is 2. The van der Waals surface area contributed by atoms with Gasteiger partial charge in [-0.05, 0) is 52.1 Å². The van der Waals surface area contributed by atoms with Crippen molar-refractivity contribution >= 4 is 47.5 Å². The van der Waals surface area contributed by atoms with Crippen LogP contribution in [0.4, 0.5) is 17.5 Å². The number of benzene rings is 1. The van der Waals surface area contributed by atoms with Crippen molar-refractivity contribution in [1.82, 2.24) is 34.9 Å². The number of carbonyl (C=O) groups is 2. The van der Waals surface area contributed by atoms with E-state index in [0.29, 0.717) is 49.1 Å². The van der Waals surface area contributed by atoms with Crippen LogP contribution < -0.4 is 20.7 Å². The first-order valence-electron chi connectivity index (χ1n) is 16.0. The van der Waals surface area contributed by atoms with Gasteiger partial charge in [-0.3, -0.25) is 14.3 Å². The number of carbonyl (C=O) groups excluding carboxylic acids is 2. The second kappa shape index (κ2) is 18.4. The van der Waals surface area contributed by atoms with E-state index in [0.717, 1.165) is 49.7 Å². The number of ether oxygens (including phenoxy) is 1. The molecule has 0 radical (unpaired) electrons. The van der Waals surface area contributed by atoms with E-state index >= 15 is 0 Å². The molecule has 0 saturated carbocycles. The van der Waals surface area contributed by atoms with Crippen molar-refractivity contribution in [2.24, 2.45) is 0 Å². The van der Waals surface area contributed by atoms with Crippen molar-refractivity contribution in [3.8, 4) is 17.7 Å². The van der Waals surface area contributed by atoms with E-state index in [9.17, 15) is 9.59 Å². The van der Waals surface area contributed by atoms with Gasteiger partial charge in [-0.1, -0.05) is 38.0 Å². The lowest BCUT2D eigenvalue weighted by atomic mass is 9.78. The highest BCUT2D eigenvalue weighted by atomic mass is 16.5. The molecule has 12 nitrogen and oxygen atoms in total. The van der Waals surface area contributed by atoms with Crippen LogP contribution in [-0.4, -0.2) is 103 Å². The molecule has 3 aromatic rings. The van der Waals surface area contributed by atoms with Crippen molar-refractivity contribution < 1.29 is 14.3 Å². The molecule has 1 aromatic carbocycles. The Morgan fingerprint density at radius 1 is 1.22 bits per heavy atom. The molecular weight excluding hydrogens is 581 g/mol. The van der Waals surface area contributed by atoms with E-state index in [2.05, 4.69) is 51.6 Å². The van der Waals surface area contributed by atoms with Crippen LogP contribution in [0.3, 0.4) is 0 Å². The summed E-state index contributed by atoms with van der Waals surface area (Å²) in [6.45, 7) is 8.67. The molecule has 46 heavy (non-hydrogen) atoms. The molecule has 3 N–H and O–H groups in total. The number of nitrogens with zero attached hydrogens (tertiary/aromatic N) is 6. The van der Waals surface area contributed by atoms with Gasteiger partial charge in [-0.2, -0.15) is 4.98 Å². The number of hydrogen-bond acceptors (Lipinski definition) is 9. The molecule has 2 amide bonds. The zero-order chi connectivity index (χ0) is 33.5. The molecule has 0 bridgehead atoms. The molecule has 246 valence electrons. The molecule has 1 atom stereocenters. The van der Waals surface area contributed by atoms with Crippen LogP contribution in [0, 0.1) is 11.8 Å². The van der Waals surface area contributed by atoms with Crippen molar-refractivity contribution in [3.63, 3.8) is 0 Å². The summed E-state index contributed by atoms with van der Waals surface area (Å²) in [6.07, 6.45) is 8.22. The molecule has 0 aliphatic rings. The van der Waals surface area contributed by atoms with E-state index in [1.807, 2.05) is 41.9 Å². The van der Waals surface area contributed by atoms with Crippen molar-refractivity contribution in [2.75, 3.05) is 58.5 Å². The molecular formula is C33H48BN9O3. The molecule has 0 unspecified atom stereocenters. The van der Waals surface area contributed by atoms with Gasteiger partial charge >= 0.3 is 0 Å². The summed E-state index contributed by atoms with van der Waals surface area (Å²) in [4.78, 5) is 37.5. The highest BCUT2D eigenvalue weighted by molar-refractivity contribution is 6.33. The maximum Gasteiger partial charge on any atom is 0.246 e. The van der Waals surface area contributed by atoms with Gasteiger partial charge in [0.05, 0.1) is 29.8 Å². The number of aryl methyl sites for hydroxylation is 1. The van der Waals surface area contributed by atoms with Gasteiger partial charge in [0, 0.05) is 51.4 Å². The maximum absolute atomic E-state index is 12.6. The third kappa shape index (κ3) is 10.5. The molecule has 0 aliphatic heterocycles. The summed E-state index contributed by atoms with van der Waals surface area (Å²) in [5.74, 6) is 7.64. The number of fused-ring (bicyclic) bond motifs is 1. The van der Waals surface area contributed by atoms with Gasteiger partial charge < -0.3 is 30.5 Å². The van der Waals surface area contributed by atoms with Crippen LogP contribution >= 0.6 is 0 Å². The van der Waals surface area contributed by atoms with Crippen LogP contribution in [0.5, 0.6) is 5.88 Å². The number of anilines is 3. The smallest absolute Gasteiger partial charge is 0.246 e. The summed E-state index contributed by atoms with van der Waals surface area (Å²) < 4.78 is 7.52. The summed E-state index contributed by atoms with van der Waals surface area (Å²) in [5, 5.41) is 15.1. The average molecular weight is 630 g/mol. The van der Waals surface area contributed by atoms with Gasteiger partial charge in [0.2, 0.25) is 23.6 Å². The third-order valence-electron chi connectivity index (χ3n) is 7.26. The summed E-state index contributed by atoms with van der Waals surface area (Å²) in [7, 11) is 8.20. The fraction of sp³-hybridized carbons (Fsp3) is 0.485. The van der Waals surface area contributed by atoms with E-state index in [-0.39, 0.29) is 11.8 Å². The molecule has 0 saturated heterocycles. The molecule has 3 rings (SSSR count). The van der Waals surface area contributed by atoms with Crippen molar-refractivity contribution in [2.45, 2.75) is 58.8 Å². The Morgan fingerprint density at radius 2 is 2.02 bits per heavy atom. The van der Waals surface area contributed by atoms with Crippen LogP contribution in [0.25, 0.3) is 10.9 Å². The zero-order valence-corrected chi connectivity index (χ0v) is 28.3. The average Bonchev–Trinajstić information content (AvgIpc) is 3.40. The minimum absolute atomic E-state index is 0.199. The van der Waals surface area contributed by atoms with E-state index < -0.39 is 6.04 Å². The number of methoxy groups -OCH3 is 1. The normalized spacial score (nSPS) is 11.7. The molecule has 0 fully saturated rings. The molecule has 0 spiro atoms. The minimum Gasteiger partial charge on any atom is -0.479 e. The first-order valence-corrected chi connectivity index (χ1v) is 16.0. The predicted molar refractivity (Wildman–Crippen MR) is 187 cm³/mol. The Morgan fingerprint density at radius 3 is 2.74 bits per heavy atom. The first kappa shape index (κ1) is 35.9. The highest BCUT2D eigenvalue weighted by Crippen LogP contribution is 2.29. The molecule has 13 heteroatoms. The number of aromatic nitrogens is 4. The lowest BCUT2D eigenvalue weighted by Gasteiger charge is -2.23. The quantitative estimate of drug-likeness (QED) is 0.0889. The van der Waals surface area contributed by atoms with Crippen LogP contribution in [0.1, 0.15) is 38.7 Å². The number of amides is 2. The van der Waals surface area contributed by atoms with Crippen LogP contribution in [0.2, 0.25) is 13.1 Å². The van der Waals surface area contributed by atoms with Gasteiger partial charge in [0.15, 0.2) is 0 Å². The summed E-state index contributed by atoms with van der Waals surface area (Å²) in [6, 6.07) is 5.44. The molecule has 2 aromatic heterocycles. The summed E-state index contributed by atoms with van der Waals surface area (Å²) >= 11 is 0. The lowest BCUT2D eigenvalue weighted by molar-refractivity contribution is -0.135. The first-order chi connectivity index (χ1) is 22.2. The Balaban J connectivity index is 1.59. The Labute approximate surface area is 273 Å². The van der Waals surface area contributed by atoms with Gasteiger partial charge in [0.1, 0.15) is 19.1 Å². The lowest BCUT2D eigenvalue weighted by Crippen LogP contribution is -2.45. The largest absolute Gasteiger partial charge is 0.479 e. The SMILES string of the molecule is CBCCn1nc(OC)c2cc(Nc3ncc(C#CCCCNC(=O)[C@H](C)N(C)C(=O)/C=C/CN(C)C)c(NCCC)n3)ccc21. The van der Waals surface area contributed by atoms with Gasteiger partial charge in [-0.15, -0.1) is 5.10 Å². The Kier molecular flexibility index (Phi) is 14.4. The minimum atomic E-state index is -0.577. The van der Waals surface area contributed by atoms with Gasteiger partial charge in [0.25, 0.3) is 0 Å². The predicted octanol–water partition coefficient (Wildman–Crippen LogP) is 3.52. The highest BCUT2D eigenvalue weighted by Gasteiger charge is 2.20. The van der Waals surface area contributed by atoms with Crippen molar-refractivity contribution in [1.29, 1.82) is 0 Å². The number of hydrogen-bond donors (Lipinski definition) is 3. The second-order valence-corrected chi connectivity index (χ2v) is 11.3. The molecule has 0 aliphatic carbocycles. The number of rotatable bonds is 17. The van der Waals surface area contributed by atoms with E-state index in [1.165, 1.54) is 11.0 Å². The van der Waals surface area contributed by atoms with E-state index in [4.69, 9.17) is 9.72 Å². The molecule has 2 heterocycles. The Hall–Kier alpha value is -4.57. The number of unbranched alkanes of at least 4 members (excludes halogenated alkanes) is 1. The number of nitrogens with one attached hydrogen (secondary N) is 3. The fourth-order valence-electron chi connectivity index (χ4n) is 4.44. The zero-order valence-electron chi connectivity index (χ0n) is 28.3. The van der Waals surface area contributed by atoms with Crippen molar-refractivity contribution in [3.05, 3.63) is 42.1 Å². The fourth-order valence-corrected chi connectivity index (χ4v) is 4.44. The monoisotopic (exact) mass is 629 g/mol. The maximum atomic E-state index is 12.6.